The SMILES string of the molecule is COc1nc(Cl)c(C)c(NC[C@H]2CCC[C@@H](c3ccc(C)cc3)O2)n1. The molecule has 0 saturated carbocycles. The molecule has 2 aromatic rings. The first kappa shape index (κ1) is 18.0. The van der Waals surface area contributed by atoms with Crippen LogP contribution in [0.25, 0.3) is 0 Å². The summed E-state index contributed by atoms with van der Waals surface area (Å²) in [5, 5.41) is 3.74. The van der Waals surface area contributed by atoms with E-state index < -0.39 is 0 Å². The van der Waals surface area contributed by atoms with Crippen LogP contribution in [0.15, 0.2) is 24.3 Å². The predicted molar refractivity (Wildman–Crippen MR) is 99.5 cm³/mol. The third-order valence-electron chi connectivity index (χ3n) is 4.54. The van der Waals surface area contributed by atoms with Crippen molar-refractivity contribution in [2.24, 2.45) is 0 Å². The third kappa shape index (κ3) is 4.41. The standard InChI is InChI=1S/C19H24ClN3O2/c1-12-7-9-14(10-8-12)16-6-4-5-15(25-16)11-21-18-13(2)17(20)22-19(23-18)24-3/h7-10,15-16H,4-6,11H2,1-3H3,(H,21,22,23)/t15-,16+/m1/s1. The fourth-order valence-corrected chi connectivity index (χ4v) is 3.18. The second kappa shape index (κ2) is 8.02. The zero-order valence-corrected chi connectivity index (χ0v) is 15.6. The van der Waals surface area contributed by atoms with Gasteiger partial charge in [0.1, 0.15) is 11.0 Å². The Kier molecular flexibility index (Phi) is 5.76. The van der Waals surface area contributed by atoms with Crippen LogP contribution in [0.5, 0.6) is 6.01 Å². The molecule has 1 aliphatic rings. The van der Waals surface area contributed by atoms with Crippen LogP contribution in [0.3, 0.4) is 0 Å². The largest absolute Gasteiger partial charge is 0.467 e. The molecule has 6 heteroatoms. The Morgan fingerprint density at radius 3 is 2.68 bits per heavy atom. The highest BCUT2D eigenvalue weighted by Gasteiger charge is 2.24. The monoisotopic (exact) mass is 361 g/mol. The number of halogens is 1. The van der Waals surface area contributed by atoms with Crippen molar-refractivity contribution in [1.82, 2.24) is 9.97 Å². The lowest BCUT2D eigenvalue weighted by Crippen LogP contribution is -2.29. The summed E-state index contributed by atoms with van der Waals surface area (Å²) in [5.41, 5.74) is 3.33. The quantitative estimate of drug-likeness (QED) is 0.796. The Morgan fingerprint density at radius 1 is 1.20 bits per heavy atom. The van der Waals surface area contributed by atoms with E-state index in [0.717, 1.165) is 24.8 Å². The van der Waals surface area contributed by atoms with Crippen molar-refractivity contribution in [2.75, 3.05) is 19.0 Å². The zero-order chi connectivity index (χ0) is 17.8. The average Bonchev–Trinajstić information content (AvgIpc) is 2.63. The summed E-state index contributed by atoms with van der Waals surface area (Å²) >= 11 is 6.13. The lowest BCUT2D eigenvalue weighted by atomic mass is 9.97. The van der Waals surface area contributed by atoms with Crippen LogP contribution in [0.4, 0.5) is 5.82 Å². The first-order chi connectivity index (χ1) is 12.1. The van der Waals surface area contributed by atoms with Crippen molar-refractivity contribution in [3.63, 3.8) is 0 Å². The van der Waals surface area contributed by atoms with Gasteiger partial charge in [0.15, 0.2) is 0 Å². The third-order valence-corrected chi connectivity index (χ3v) is 4.91. The molecule has 134 valence electrons. The van der Waals surface area contributed by atoms with Gasteiger partial charge in [-0.05, 0) is 38.7 Å². The Hall–Kier alpha value is -1.85. The molecule has 5 nitrogen and oxygen atoms in total. The lowest BCUT2D eigenvalue weighted by Gasteiger charge is -2.31. The van der Waals surface area contributed by atoms with E-state index in [4.69, 9.17) is 21.1 Å². The second-order valence-corrected chi connectivity index (χ2v) is 6.80. The molecule has 3 rings (SSSR count). The highest BCUT2D eigenvalue weighted by atomic mass is 35.5. The molecule has 0 aliphatic carbocycles. The van der Waals surface area contributed by atoms with E-state index in [2.05, 4.69) is 46.5 Å². The van der Waals surface area contributed by atoms with Crippen molar-refractivity contribution >= 4 is 17.4 Å². The number of nitrogens with one attached hydrogen (secondary N) is 1. The number of benzene rings is 1. The molecular formula is C19H24ClN3O2. The van der Waals surface area contributed by atoms with Gasteiger partial charge in [0, 0.05) is 12.1 Å². The molecule has 1 aromatic carbocycles. The molecule has 1 saturated heterocycles. The minimum absolute atomic E-state index is 0.138. The smallest absolute Gasteiger partial charge is 0.319 e. The number of ether oxygens (including phenoxy) is 2. The lowest BCUT2D eigenvalue weighted by molar-refractivity contribution is -0.0442. The highest BCUT2D eigenvalue weighted by molar-refractivity contribution is 6.30. The molecular weight excluding hydrogens is 338 g/mol. The van der Waals surface area contributed by atoms with Gasteiger partial charge in [-0.25, -0.2) is 0 Å². The van der Waals surface area contributed by atoms with E-state index in [0.29, 0.717) is 17.5 Å². The van der Waals surface area contributed by atoms with E-state index >= 15 is 0 Å². The molecule has 1 N–H and O–H groups in total. The van der Waals surface area contributed by atoms with Gasteiger partial charge in [-0.2, -0.15) is 9.97 Å². The maximum Gasteiger partial charge on any atom is 0.319 e. The summed E-state index contributed by atoms with van der Waals surface area (Å²) in [7, 11) is 1.53. The number of anilines is 1. The normalized spacial score (nSPS) is 20.3. The minimum Gasteiger partial charge on any atom is -0.467 e. The van der Waals surface area contributed by atoms with Crippen LogP contribution in [-0.4, -0.2) is 29.7 Å². The van der Waals surface area contributed by atoms with Crippen molar-refractivity contribution < 1.29 is 9.47 Å². The molecule has 1 fully saturated rings. The molecule has 1 aliphatic heterocycles. The molecule has 25 heavy (non-hydrogen) atoms. The first-order valence-electron chi connectivity index (χ1n) is 8.61. The molecule has 0 radical (unpaired) electrons. The van der Waals surface area contributed by atoms with Gasteiger partial charge in [0.25, 0.3) is 0 Å². The van der Waals surface area contributed by atoms with E-state index in [1.165, 1.54) is 18.2 Å². The number of nitrogens with zero attached hydrogens (tertiary/aromatic N) is 2. The fraction of sp³-hybridized carbons (Fsp3) is 0.474. The van der Waals surface area contributed by atoms with Gasteiger partial charge in [-0.1, -0.05) is 41.4 Å². The number of methoxy groups -OCH3 is 1. The van der Waals surface area contributed by atoms with Crippen LogP contribution < -0.4 is 10.1 Å². The summed E-state index contributed by atoms with van der Waals surface area (Å²) in [5.74, 6) is 0.693. The summed E-state index contributed by atoms with van der Waals surface area (Å²) in [6.45, 7) is 4.67. The maximum absolute atomic E-state index is 6.29. The van der Waals surface area contributed by atoms with Gasteiger partial charge in [-0.15, -0.1) is 0 Å². The molecule has 2 atom stereocenters. The number of aryl methyl sites for hydroxylation is 1. The van der Waals surface area contributed by atoms with Crippen LogP contribution in [0, 0.1) is 13.8 Å². The molecule has 1 aromatic heterocycles. The van der Waals surface area contributed by atoms with Gasteiger partial charge in [0.05, 0.1) is 19.3 Å². The van der Waals surface area contributed by atoms with Crippen molar-refractivity contribution in [1.29, 1.82) is 0 Å². The van der Waals surface area contributed by atoms with E-state index in [9.17, 15) is 0 Å². The van der Waals surface area contributed by atoms with E-state index in [1.54, 1.807) is 0 Å². The van der Waals surface area contributed by atoms with Crippen molar-refractivity contribution in [2.45, 2.75) is 45.3 Å². The number of hydrogen-bond acceptors (Lipinski definition) is 5. The van der Waals surface area contributed by atoms with Gasteiger partial charge in [-0.3, -0.25) is 0 Å². The number of rotatable bonds is 5. The summed E-state index contributed by atoms with van der Waals surface area (Å²) in [6.07, 6.45) is 3.54. The van der Waals surface area contributed by atoms with E-state index in [1.807, 2.05) is 6.92 Å². The van der Waals surface area contributed by atoms with Gasteiger partial charge in [0.2, 0.25) is 0 Å². The molecule has 0 amide bonds. The maximum atomic E-state index is 6.29. The molecule has 0 spiro atoms. The second-order valence-electron chi connectivity index (χ2n) is 6.44. The van der Waals surface area contributed by atoms with Crippen LogP contribution in [0.1, 0.15) is 42.1 Å². The van der Waals surface area contributed by atoms with Gasteiger partial charge < -0.3 is 14.8 Å². The Morgan fingerprint density at radius 2 is 1.96 bits per heavy atom. The number of hydrogen-bond donors (Lipinski definition) is 1. The van der Waals surface area contributed by atoms with Crippen molar-refractivity contribution in [3.8, 4) is 6.01 Å². The Bertz CT molecular complexity index is 721. The van der Waals surface area contributed by atoms with E-state index in [-0.39, 0.29) is 18.2 Å². The molecule has 2 heterocycles. The summed E-state index contributed by atoms with van der Waals surface area (Å²) < 4.78 is 11.4. The van der Waals surface area contributed by atoms with Crippen LogP contribution >= 0.6 is 11.6 Å². The minimum atomic E-state index is 0.138. The predicted octanol–water partition coefficient (Wildman–Crippen LogP) is 4.48. The zero-order valence-electron chi connectivity index (χ0n) is 14.9. The topological polar surface area (TPSA) is 56.3 Å². The van der Waals surface area contributed by atoms with Gasteiger partial charge >= 0.3 is 6.01 Å². The van der Waals surface area contributed by atoms with Crippen LogP contribution in [0.2, 0.25) is 5.15 Å². The average molecular weight is 362 g/mol. The summed E-state index contributed by atoms with van der Waals surface area (Å²) in [6, 6.07) is 8.86. The highest BCUT2D eigenvalue weighted by Crippen LogP contribution is 2.32. The Balaban J connectivity index is 1.63. The molecule has 0 bridgehead atoms. The van der Waals surface area contributed by atoms with Crippen LogP contribution in [-0.2, 0) is 4.74 Å². The Labute approximate surface area is 153 Å². The number of aromatic nitrogens is 2. The first-order valence-corrected chi connectivity index (χ1v) is 8.98. The van der Waals surface area contributed by atoms with Crippen molar-refractivity contribution in [3.05, 3.63) is 46.1 Å². The summed E-state index contributed by atoms with van der Waals surface area (Å²) in [4.78, 5) is 8.40. The molecule has 0 unspecified atom stereocenters. The fourth-order valence-electron chi connectivity index (χ4n) is 3.02.